The summed E-state index contributed by atoms with van der Waals surface area (Å²) >= 11 is 0. The molecule has 0 aromatic carbocycles. The molecule has 3 N–H and O–H groups in total. The van der Waals surface area contributed by atoms with Gasteiger partial charge in [0.05, 0.1) is 26.4 Å². The van der Waals surface area contributed by atoms with Gasteiger partial charge in [-0.15, -0.1) is 0 Å². The molecule has 17 nitrogen and oxygen atoms in total. The van der Waals surface area contributed by atoms with Gasteiger partial charge < -0.3 is 33.8 Å². The summed E-state index contributed by atoms with van der Waals surface area (Å²) in [4.78, 5) is 72.9. The third kappa shape index (κ3) is 70.5. The van der Waals surface area contributed by atoms with Crippen molar-refractivity contribution >= 4 is 39.5 Å². The average Bonchev–Trinajstić information content (AvgIpc) is 1.34. The second kappa shape index (κ2) is 67.5. The zero-order valence-electron chi connectivity index (χ0n) is 62.8. The van der Waals surface area contributed by atoms with Gasteiger partial charge in [-0.2, -0.15) is 0 Å². The molecule has 0 saturated heterocycles. The van der Waals surface area contributed by atoms with E-state index < -0.39 is 97.5 Å². The van der Waals surface area contributed by atoms with Crippen LogP contribution in [0.5, 0.6) is 0 Å². The second-order valence-corrected chi connectivity index (χ2v) is 32.1. The third-order valence-corrected chi connectivity index (χ3v) is 19.8. The van der Waals surface area contributed by atoms with Crippen LogP contribution in [0.1, 0.15) is 395 Å². The number of unbranched alkanes of at least 4 members (excludes halogenated alkanes) is 43. The molecular weight excluding hydrogens is 1260 g/mol. The molecule has 0 fully saturated rings. The normalized spacial score (nSPS) is 14.1. The van der Waals surface area contributed by atoms with Gasteiger partial charge in [0.2, 0.25) is 0 Å². The molecule has 0 aromatic rings. The molecule has 0 spiro atoms. The Morgan fingerprint density at radius 1 is 0.281 bits per heavy atom. The highest BCUT2D eigenvalue weighted by Gasteiger charge is 2.30. The van der Waals surface area contributed by atoms with Gasteiger partial charge in [-0.25, -0.2) is 9.13 Å². The van der Waals surface area contributed by atoms with Crippen molar-refractivity contribution in [3.05, 3.63) is 0 Å². The number of hydrogen-bond acceptors (Lipinski definition) is 15. The van der Waals surface area contributed by atoms with Crippen LogP contribution in [0.3, 0.4) is 0 Å². The van der Waals surface area contributed by atoms with Crippen LogP contribution in [0.25, 0.3) is 0 Å². The van der Waals surface area contributed by atoms with Crippen molar-refractivity contribution in [3.8, 4) is 0 Å². The number of esters is 4. The molecule has 19 heteroatoms. The molecule has 0 aliphatic heterocycles. The Hall–Kier alpha value is -1.94. The fraction of sp³-hybridized carbons (Fsp3) is 0.948. The highest BCUT2D eigenvalue weighted by Crippen LogP contribution is 2.45. The number of phosphoric acid groups is 2. The third-order valence-electron chi connectivity index (χ3n) is 17.9. The summed E-state index contributed by atoms with van der Waals surface area (Å²) in [5.41, 5.74) is 0. The molecule has 0 bridgehead atoms. The van der Waals surface area contributed by atoms with E-state index in [4.69, 9.17) is 37.0 Å². The van der Waals surface area contributed by atoms with Crippen LogP contribution in [0.4, 0.5) is 0 Å². The number of aliphatic hydroxyl groups is 1. The summed E-state index contributed by atoms with van der Waals surface area (Å²) in [6.45, 7) is 11.9. The molecular formula is C77H150O17P2. The van der Waals surface area contributed by atoms with E-state index in [1.807, 2.05) is 0 Å². The number of ether oxygens (including phenoxy) is 4. The van der Waals surface area contributed by atoms with Crippen LogP contribution in [0, 0.1) is 17.8 Å². The predicted molar refractivity (Wildman–Crippen MR) is 391 cm³/mol. The molecule has 570 valence electrons. The molecule has 0 aromatic heterocycles. The van der Waals surface area contributed by atoms with E-state index in [1.165, 1.54) is 205 Å². The van der Waals surface area contributed by atoms with E-state index in [9.17, 15) is 43.2 Å². The van der Waals surface area contributed by atoms with Crippen LogP contribution >= 0.6 is 15.6 Å². The molecule has 2 unspecified atom stereocenters. The van der Waals surface area contributed by atoms with Gasteiger partial charge in [0.25, 0.3) is 0 Å². The lowest BCUT2D eigenvalue weighted by atomic mass is 10.0. The lowest BCUT2D eigenvalue weighted by molar-refractivity contribution is -0.161. The maximum Gasteiger partial charge on any atom is 0.472 e. The molecule has 96 heavy (non-hydrogen) atoms. The van der Waals surface area contributed by atoms with Crippen molar-refractivity contribution < 1.29 is 80.2 Å². The topological polar surface area (TPSA) is 237 Å². The van der Waals surface area contributed by atoms with Crippen molar-refractivity contribution in [1.29, 1.82) is 0 Å². The fourth-order valence-electron chi connectivity index (χ4n) is 11.8. The Labute approximate surface area is 588 Å². The molecule has 0 saturated carbocycles. The van der Waals surface area contributed by atoms with Crippen molar-refractivity contribution in [2.75, 3.05) is 39.6 Å². The first-order valence-corrected chi connectivity index (χ1v) is 42.8. The number of phosphoric ester groups is 2. The minimum Gasteiger partial charge on any atom is -0.462 e. The summed E-state index contributed by atoms with van der Waals surface area (Å²) in [5, 5.41) is 10.6. The first kappa shape index (κ1) is 94.1. The van der Waals surface area contributed by atoms with Crippen LogP contribution in [0.15, 0.2) is 0 Å². The fourth-order valence-corrected chi connectivity index (χ4v) is 13.4. The van der Waals surface area contributed by atoms with Crippen molar-refractivity contribution in [2.45, 2.75) is 414 Å². The summed E-state index contributed by atoms with van der Waals surface area (Å²) < 4.78 is 68.6. The lowest BCUT2D eigenvalue weighted by Crippen LogP contribution is -2.30. The molecule has 0 aliphatic rings. The van der Waals surface area contributed by atoms with Crippen LogP contribution < -0.4 is 0 Å². The number of aliphatic hydroxyl groups excluding tert-OH is 1. The van der Waals surface area contributed by atoms with Gasteiger partial charge in [-0.1, -0.05) is 344 Å². The number of rotatable bonds is 75. The van der Waals surface area contributed by atoms with Gasteiger partial charge >= 0.3 is 39.5 Å². The highest BCUT2D eigenvalue weighted by molar-refractivity contribution is 7.47. The molecule has 0 aliphatic carbocycles. The van der Waals surface area contributed by atoms with Gasteiger partial charge in [0, 0.05) is 25.7 Å². The minimum absolute atomic E-state index is 0.105. The summed E-state index contributed by atoms with van der Waals surface area (Å²) in [5.74, 6) is 0.165. The Bertz CT molecular complexity index is 1870. The number of carbonyl (C=O) groups excluding carboxylic acids is 4. The van der Waals surface area contributed by atoms with E-state index in [2.05, 4.69) is 48.5 Å². The molecule has 5 atom stereocenters. The second-order valence-electron chi connectivity index (χ2n) is 29.2. The Morgan fingerprint density at radius 3 is 0.708 bits per heavy atom. The SMILES string of the molecule is CCCCCCCCCCCCCCCCC(=O)OC[C@H](COP(=O)(O)OC[C@@H](O)COP(=O)(O)OC[C@@H](COC(=O)CCCCCCCCCCC(C)C)OC(=O)CCCCCCCCCCCCC(C)C)OC(=O)CCCCCCCCCCCCCCCCCC(C)C. The summed E-state index contributed by atoms with van der Waals surface area (Å²) in [6, 6.07) is 0. The van der Waals surface area contributed by atoms with Gasteiger partial charge in [-0.05, 0) is 43.4 Å². The Kier molecular flexibility index (Phi) is 66.2. The monoisotopic (exact) mass is 1410 g/mol. The summed E-state index contributed by atoms with van der Waals surface area (Å²) in [6.07, 6.45) is 54.1. The molecule has 0 heterocycles. The van der Waals surface area contributed by atoms with Gasteiger partial charge in [0.1, 0.15) is 19.3 Å². The maximum absolute atomic E-state index is 13.1. The smallest absolute Gasteiger partial charge is 0.462 e. The molecule has 0 amide bonds. The van der Waals surface area contributed by atoms with Crippen LogP contribution in [0.2, 0.25) is 0 Å². The average molecular weight is 1410 g/mol. The van der Waals surface area contributed by atoms with Crippen LogP contribution in [-0.2, 0) is 65.4 Å². The zero-order valence-corrected chi connectivity index (χ0v) is 64.6. The number of carbonyl (C=O) groups is 4. The molecule has 0 rings (SSSR count). The van der Waals surface area contributed by atoms with Crippen molar-refractivity contribution in [3.63, 3.8) is 0 Å². The number of hydrogen-bond donors (Lipinski definition) is 3. The Morgan fingerprint density at radius 2 is 0.479 bits per heavy atom. The van der Waals surface area contributed by atoms with E-state index in [0.29, 0.717) is 25.7 Å². The van der Waals surface area contributed by atoms with E-state index in [0.717, 1.165) is 108 Å². The standard InChI is InChI=1S/C77H150O17P2/c1-8-9-10-11-12-13-14-15-20-23-29-37-44-51-58-74(79)87-64-72(93-76(81)60-53-46-39-30-24-21-18-16-17-19-22-27-34-41-48-55-68(2)3)66-91-95(83,84)89-62-71(78)63-90-96(85,86)92-67-73(65-88-75(80)59-52-45-38-33-32-36-43-50-57-70(6)7)94-77(82)61-54-47-40-31-26-25-28-35-42-49-56-69(4)5/h68-73,78H,8-67H2,1-7H3,(H,83,84)(H,85,86)/t71-,72-,73-/m1/s1. The van der Waals surface area contributed by atoms with Gasteiger partial charge in [0.15, 0.2) is 12.2 Å². The van der Waals surface area contributed by atoms with E-state index >= 15 is 0 Å². The zero-order chi connectivity index (χ0) is 70.9. The van der Waals surface area contributed by atoms with Crippen molar-refractivity contribution in [2.24, 2.45) is 17.8 Å². The summed E-state index contributed by atoms with van der Waals surface area (Å²) in [7, 11) is -9.91. The quantitative estimate of drug-likeness (QED) is 0.0222. The highest BCUT2D eigenvalue weighted by atomic mass is 31.2. The Balaban J connectivity index is 5.25. The van der Waals surface area contributed by atoms with E-state index in [-0.39, 0.29) is 25.7 Å². The van der Waals surface area contributed by atoms with Crippen LogP contribution in [-0.4, -0.2) is 96.7 Å². The van der Waals surface area contributed by atoms with Crippen molar-refractivity contribution in [1.82, 2.24) is 0 Å². The minimum atomic E-state index is -4.96. The first-order valence-electron chi connectivity index (χ1n) is 39.8. The largest absolute Gasteiger partial charge is 0.472 e. The first-order chi connectivity index (χ1) is 46.2. The predicted octanol–water partition coefficient (Wildman–Crippen LogP) is 22.6. The lowest BCUT2D eigenvalue weighted by Gasteiger charge is -2.21. The molecule has 0 radical (unpaired) electrons. The van der Waals surface area contributed by atoms with Gasteiger partial charge in [-0.3, -0.25) is 37.3 Å². The van der Waals surface area contributed by atoms with E-state index in [1.54, 1.807) is 0 Å². The maximum atomic E-state index is 13.1.